The number of hydrogen-bond donors (Lipinski definition) is 1. The van der Waals surface area contributed by atoms with Crippen LogP contribution < -0.4 is 5.73 Å². The van der Waals surface area contributed by atoms with Crippen molar-refractivity contribution in [3.05, 3.63) is 15.9 Å². The lowest BCUT2D eigenvalue weighted by Gasteiger charge is -2.22. The summed E-state index contributed by atoms with van der Waals surface area (Å²) in [4.78, 5) is 0. The Morgan fingerprint density at radius 1 is 1.47 bits per heavy atom. The van der Waals surface area contributed by atoms with E-state index in [9.17, 15) is 0 Å². The van der Waals surface area contributed by atoms with Gasteiger partial charge in [0.2, 0.25) is 0 Å². The quantitative estimate of drug-likeness (QED) is 0.927. The summed E-state index contributed by atoms with van der Waals surface area (Å²) in [6.45, 7) is 8.63. The number of hydrogen-bond acceptors (Lipinski definition) is 3. The van der Waals surface area contributed by atoms with E-state index in [0.717, 1.165) is 22.3 Å². The van der Waals surface area contributed by atoms with Gasteiger partial charge in [-0.2, -0.15) is 5.10 Å². The molecule has 0 bridgehead atoms. The van der Waals surface area contributed by atoms with Crippen LogP contribution in [0.25, 0.3) is 0 Å². The summed E-state index contributed by atoms with van der Waals surface area (Å²) < 4.78 is 8.60. The van der Waals surface area contributed by atoms with E-state index < -0.39 is 0 Å². The predicted molar refractivity (Wildman–Crippen MR) is 73.0 cm³/mol. The highest BCUT2D eigenvalue weighted by atomic mass is 79.9. The van der Waals surface area contributed by atoms with E-state index in [-0.39, 0.29) is 11.6 Å². The number of nitrogens with zero attached hydrogens (tertiary/aromatic N) is 2. The molecule has 1 atom stereocenters. The minimum atomic E-state index is -0.142. The number of nitrogens with two attached hydrogens (primary N) is 1. The third kappa shape index (κ3) is 4.41. The summed E-state index contributed by atoms with van der Waals surface area (Å²) in [7, 11) is 1.93. The van der Waals surface area contributed by atoms with Crippen molar-refractivity contribution < 1.29 is 4.74 Å². The molecule has 0 saturated heterocycles. The molecule has 1 aromatic heterocycles. The first-order valence-electron chi connectivity index (χ1n) is 5.78. The Kier molecular flexibility index (Phi) is 4.75. The maximum atomic E-state index is 6.07. The molecule has 4 nitrogen and oxygen atoms in total. The molecule has 1 rings (SSSR count). The molecule has 5 heteroatoms. The fraction of sp³-hybridized carbons (Fsp3) is 0.750. The molecule has 0 radical (unpaired) electrons. The van der Waals surface area contributed by atoms with Crippen molar-refractivity contribution >= 4 is 15.9 Å². The summed E-state index contributed by atoms with van der Waals surface area (Å²) in [5, 5.41) is 4.35. The van der Waals surface area contributed by atoms with Crippen molar-refractivity contribution in [2.45, 2.75) is 45.8 Å². The number of aromatic nitrogens is 2. The van der Waals surface area contributed by atoms with E-state index in [1.54, 1.807) is 0 Å². The molecule has 0 saturated carbocycles. The van der Waals surface area contributed by atoms with Crippen LogP contribution in [0.5, 0.6) is 0 Å². The van der Waals surface area contributed by atoms with Crippen LogP contribution in [-0.2, 0) is 18.2 Å². The third-order valence-electron chi connectivity index (χ3n) is 2.45. The number of aryl methyl sites for hydroxylation is 2. The molecule has 1 heterocycles. The minimum absolute atomic E-state index is 0.0136. The first-order chi connectivity index (χ1) is 7.70. The topological polar surface area (TPSA) is 53.1 Å². The lowest BCUT2D eigenvalue weighted by Crippen LogP contribution is -2.34. The average molecular weight is 304 g/mol. The van der Waals surface area contributed by atoms with Crippen molar-refractivity contribution in [1.82, 2.24) is 9.78 Å². The second-order valence-corrected chi connectivity index (χ2v) is 6.15. The molecule has 17 heavy (non-hydrogen) atoms. The first-order valence-corrected chi connectivity index (χ1v) is 6.57. The van der Waals surface area contributed by atoms with Crippen molar-refractivity contribution in [3.8, 4) is 0 Å². The molecule has 2 N–H and O–H groups in total. The molecule has 0 spiro atoms. The molecule has 98 valence electrons. The molecular formula is C12H22BrN3O. The Hall–Kier alpha value is -0.390. The second kappa shape index (κ2) is 5.50. The SMILES string of the molecule is Cc1nn(C)c(CC(N)COC(C)(C)C)c1Br. The molecule has 1 unspecified atom stereocenters. The van der Waals surface area contributed by atoms with Gasteiger partial charge in [-0.25, -0.2) is 0 Å². The average Bonchev–Trinajstić information content (AvgIpc) is 2.41. The molecule has 1 aromatic rings. The molecular weight excluding hydrogens is 282 g/mol. The number of halogens is 1. The lowest BCUT2D eigenvalue weighted by molar-refractivity contribution is -0.0100. The summed E-state index contributed by atoms with van der Waals surface area (Å²) in [6.07, 6.45) is 0.758. The van der Waals surface area contributed by atoms with E-state index in [0.29, 0.717) is 6.61 Å². The van der Waals surface area contributed by atoms with Gasteiger partial charge in [-0.15, -0.1) is 0 Å². The Morgan fingerprint density at radius 3 is 2.47 bits per heavy atom. The first kappa shape index (κ1) is 14.7. The third-order valence-corrected chi connectivity index (χ3v) is 3.48. The minimum Gasteiger partial charge on any atom is -0.374 e. The Labute approximate surface area is 112 Å². The summed E-state index contributed by atoms with van der Waals surface area (Å²) in [6, 6.07) is -0.0136. The van der Waals surface area contributed by atoms with Crippen LogP contribution in [0.4, 0.5) is 0 Å². The summed E-state index contributed by atoms with van der Waals surface area (Å²) >= 11 is 3.54. The van der Waals surface area contributed by atoms with E-state index in [2.05, 4.69) is 21.0 Å². The summed E-state index contributed by atoms with van der Waals surface area (Å²) in [5.41, 5.74) is 8.04. The maximum absolute atomic E-state index is 6.07. The van der Waals surface area contributed by atoms with Crippen molar-refractivity contribution in [2.24, 2.45) is 12.8 Å². The van der Waals surface area contributed by atoms with Crippen molar-refractivity contribution in [1.29, 1.82) is 0 Å². The maximum Gasteiger partial charge on any atom is 0.0738 e. The van der Waals surface area contributed by atoms with E-state index in [1.807, 2.05) is 39.4 Å². The van der Waals surface area contributed by atoms with Gasteiger partial charge in [0.05, 0.1) is 28.1 Å². The van der Waals surface area contributed by atoms with Crippen molar-refractivity contribution in [3.63, 3.8) is 0 Å². The van der Waals surface area contributed by atoms with Crippen LogP contribution in [0, 0.1) is 6.92 Å². The van der Waals surface area contributed by atoms with Gasteiger partial charge >= 0.3 is 0 Å². The van der Waals surface area contributed by atoms with Gasteiger partial charge in [-0.1, -0.05) is 0 Å². The van der Waals surface area contributed by atoms with Gasteiger partial charge in [0, 0.05) is 19.5 Å². The van der Waals surface area contributed by atoms with Crippen LogP contribution in [0.15, 0.2) is 4.47 Å². The Bertz CT molecular complexity index is 382. The highest BCUT2D eigenvalue weighted by molar-refractivity contribution is 9.10. The Balaban J connectivity index is 2.59. The smallest absolute Gasteiger partial charge is 0.0738 e. The molecule has 0 aliphatic heterocycles. The van der Waals surface area contributed by atoms with Gasteiger partial charge in [-0.05, 0) is 43.6 Å². The molecule has 0 aliphatic rings. The predicted octanol–water partition coefficient (Wildman–Crippen LogP) is 2.18. The van der Waals surface area contributed by atoms with E-state index in [4.69, 9.17) is 10.5 Å². The van der Waals surface area contributed by atoms with Crippen LogP contribution in [0.3, 0.4) is 0 Å². The summed E-state index contributed by atoms with van der Waals surface area (Å²) in [5.74, 6) is 0. The standard InChI is InChI=1S/C12H22BrN3O/c1-8-11(13)10(16(5)15-8)6-9(14)7-17-12(2,3)4/h9H,6-7,14H2,1-5H3. The second-order valence-electron chi connectivity index (χ2n) is 5.36. The van der Waals surface area contributed by atoms with Gasteiger partial charge in [-0.3, -0.25) is 4.68 Å². The highest BCUT2D eigenvalue weighted by Gasteiger charge is 2.17. The fourth-order valence-corrected chi connectivity index (χ4v) is 2.06. The largest absolute Gasteiger partial charge is 0.374 e. The normalized spacial score (nSPS) is 14.1. The van der Waals surface area contributed by atoms with Crippen molar-refractivity contribution in [2.75, 3.05) is 6.61 Å². The van der Waals surface area contributed by atoms with Gasteiger partial charge in [0.15, 0.2) is 0 Å². The number of rotatable bonds is 4. The monoisotopic (exact) mass is 303 g/mol. The molecule has 0 amide bonds. The Morgan fingerprint density at radius 2 is 2.06 bits per heavy atom. The molecule has 0 fully saturated rings. The molecule has 0 aliphatic carbocycles. The van der Waals surface area contributed by atoms with Crippen LogP contribution in [-0.4, -0.2) is 28.0 Å². The highest BCUT2D eigenvalue weighted by Crippen LogP contribution is 2.21. The van der Waals surface area contributed by atoms with Crippen LogP contribution >= 0.6 is 15.9 Å². The van der Waals surface area contributed by atoms with Crippen LogP contribution in [0.2, 0.25) is 0 Å². The molecule has 0 aromatic carbocycles. The van der Waals surface area contributed by atoms with Gasteiger partial charge in [0.25, 0.3) is 0 Å². The van der Waals surface area contributed by atoms with Gasteiger partial charge in [0.1, 0.15) is 0 Å². The van der Waals surface area contributed by atoms with Crippen LogP contribution in [0.1, 0.15) is 32.2 Å². The zero-order valence-corrected chi connectivity index (χ0v) is 12.8. The van der Waals surface area contributed by atoms with E-state index in [1.165, 1.54) is 0 Å². The van der Waals surface area contributed by atoms with Gasteiger partial charge < -0.3 is 10.5 Å². The zero-order chi connectivity index (χ0) is 13.2. The lowest BCUT2D eigenvalue weighted by atomic mass is 10.1. The zero-order valence-electron chi connectivity index (χ0n) is 11.2. The number of ether oxygens (including phenoxy) is 1. The fourth-order valence-electron chi connectivity index (χ4n) is 1.57. The van der Waals surface area contributed by atoms with E-state index >= 15 is 0 Å².